The van der Waals surface area contributed by atoms with Crippen molar-refractivity contribution in [2.24, 2.45) is 0 Å². The molecule has 0 bridgehead atoms. The van der Waals surface area contributed by atoms with Gasteiger partial charge in [0, 0.05) is 13.1 Å². The average Bonchev–Trinajstić information content (AvgIpc) is 2.94. The monoisotopic (exact) mass is 548 g/mol. The Labute approximate surface area is 228 Å². The molecule has 2 heterocycles. The second-order valence-electron chi connectivity index (χ2n) is 10.3. The molecular weight excluding hydrogens is 508 g/mol. The van der Waals surface area contributed by atoms with Gasteiger partial charge in [0.05, 0.1) is 19.3 Å². The van der Waals surface area contributed by atoms with E-state index in [4.69, 9.17) is 14.2 Å². The van der Waals surface area contributed by atoms with Crippen LogP contribution in [0, 0.1) is 13.8 Å². The maximum Gasteiger partial charge on any atom is 0.187 e. The van der Waals surface area contributed by atoms with Crippen LogP contribution in [0.5, 0.6) is 0 Å². The zero-order valence-corrected chi connectivity index (χ0v) is 22.1. The van der Waals surface area contributed by atoms with Crippen LogP contribution < -0.4 is 10.6 Å². The molecule has 216 valence electrons. The lowest BCUT2D eigenvalue weighted by Gasteiger charge is -2.47. The van der Waals surface area contributed by atoms with Gasteiger partial charge in [-0.3, -0.25) is 5.32 Å². The predicted octanol–water partition coefficient (Wildman–Crippen LogP) is -1.19. The topological polar surface area (TPSA) is 173 Å². The van der Waals surface area contributed by atoms with Crippen molar-refractivity contribution in [3.63, 3.8) is 0 Å². The van der Waals surface area contributed by atoms with E-state index in [2.05, 4.69) is 10.6 Å². The van der Waals surface area contributed by atoms with E-state index < -0.39 is 74.5 Å². The van der Waals surface area contributed by atoms with E-state index >= 15 is 0 Å². The Hall–Kier alpha value is -2.00. The maximum atomic E-state index is 11.5. The molecule has 10 atom stereocenters. The summed E-state index contributed by atoms with van der Waals surface area (Å²) in [5, 5.41) is 68.5. The number of hydrogen-bond acceptors (Lipinski definition) is 11. The highest BCUT2D eigenvalue weighted by atomic mass is 16.7. The predicted molar refractivity (Wildman–Crippen MR) is 140 cm³/mol. The molecule has 4 rings (SSSR count). The summed E-state index contributed by atoms with van der Waals surface area (Å²) in [4.78, 5) is 0. The summed E-state index contributed by atoms with van der Waals surface area (Å²) in [6.45, 7) is 3.72. The molecule has 11 heteroatoms. The summed E-state index contributed by atoms with van der Waals surface area (Å²) in [7, 11) is 0. The molecule has 2 aliphatic heterocycles. The number of rotatable bonds is 10. The van der Waals surface area contributed by atoms with Crippen LogP contribution in [-0.2, 0) is 27.3 Å². The molecular formula is C28H40N2O9. The quantitative estimate of drug-likeness (QED) is 0.179. The average molecular weight is 549 g/mol. The first-order valence-electron chi connectivity index (χ1n) is 13.2. The highest BCUT2D eigenvalue weighted by molar-refractivity contribution is 5.22. The van der Waals surface area contributed by atoms with Crippen LogP contribution in [0.1, 0.15) is 22.3 Å². The van der Waals surface area contributed by atoms with E-state index in [1.807, 2.05) is 62.4 Å². The van der Waals surface area contributed by atoms with Crippen LogP contribution in [0.4, 0.5) is 0 Å². The summed E-state index contributed by atoms with van der Waals surface area (Å²) >= 11 is 0. The van der Waals surface area contributed by atoms with E-state index in [1.54, 1.807) is 0 Å². The van der Waals surface area contributed by atoms with Gasteiger partial charge in [0.15, 0.2) is 6.29 Å². The SMILES string of the molecule is Cc1ccc(CNC2O[C@H](CO)[C@@H](O[C@@H]3O[C@H](CO)[C@H](O)[C@H](O)[C@H]3O)[C@H](O)[C@H]2NCc2ccc(C)cc2)cc1. The highest BCUT2D eigenvalue weighted by Crippen LogP contribution is 2.29. The first-order chi connectivity index (χ1) is 18.7. The molecule has 2 aliphatic rings. The van der Waals surface area contributed by atoms with Crippen molar-refractivity contribution in [1.29, 1.82) is 0 Å². The van der Waals surface area contributed by atoms with Crippen LogP contribution in [0.3, 0.4) is 0 Å². The third kappa shape index (κ3) is 7.20. The van der Waals surface area contributed by atoms with Gasteiger partial charge in [-0.1, -0.05) is 59.7 Å². The van der Waals surface area contributed by atoms with E-state index in [1.165, 1.54) is 0 Å². The Morgan fingerprint density at radius 1 is 0.667 bits per heavy atom. The Morgan fingerprint density at radius 3 is 1.74 bits per heavy atom. The zero-order chi connectivity index (χ0) is 28.1. The van der Waals surface area contributed by atoms with Gasteiger partial charge in [0.25, 0.3) is 0 Å². The first-order valence-corrected chi connectivity index (χ1v) is 13.2. The Morgan fingerprint density at radius 2 is 1.21 bits per heavy atom. The Balaban J connectivity index is 1.52. The van der Waals surface area contributed by atoms with Gasteiger partial charge < -0.3 is 50.2 Å². The lowest BCUT2D eigenvalue weighted by atomic mass is 9.94. The number of benzene rings is 2. The molecule has 2 saturated heterocycles. The number of ether oxygens (including phenoxy) is 3. The van der Waals surface area contributed by atoms with Gasteiger partial charge in [-0.2, -0.15) is 0 Å². The van der Waals surface area contributed by atoms with Crippen molar-refractivity contribution in [2.45, 2.75) is 88.2 Å². The number of nitrogens with one attached hydrogen (secondary N) is 2. The molecule has 11 nitrogen and oxygen atoms in total. The molecule has 2 aromatic rings. The molecule has 0 spiro atoms. The van der Waals surface area contributed by atoms with Gasteiger partial charge in [0.2, 0.25) is 0 Å². The lowest BCUT2D eigenvalue weighted by Crippen LogP contribution is -2.69. The molecule has 0 amide bonds. The largest absolute Gasteiger partial charge is 0.394 e. The minimum absolute atomic E-state index is 0.407. The normalized spacial score (nSPS) is 35.2. The van der Waals surface area contributed by atoms with Crippen LogP contribution in [0.2, 0.25) is 0 Å². The molecule has 0 radical (unpaired) electrons. The summed E-state index contributed by atoms with van der Waals surface area (Å²) < 4.78 is 17.5. The number of hydrogen-bond donors (Lipinski definition) is 8. The number of aliphatic hydroxyl groups is 6. The molecule has 2 fully saturated rings. The van der Waals surface area contributed by atoms with Gasteiger partial charge in [-0.25, -0.2) is 0 Å². The molecule has 0 saturated carbocycles. The summed E-state index contributed by atoms with van der Waals surface area (Å²) in [6, 6.07) is 15.2. The van der Waals surface area contributed by atoms with Crippen molar-refractivity contribution < 1.29 is 44.8 Å². The van der Waals surface area contributed by atoms with Crippen LogP contribution >= 0.6 is 0 Å². The fraction of sp³-hybridized carbons (Fsp3) is 0.571. The van der Waals surface area contributed by atoms with Crippen molar-refractivity contribution in [1.82, 2.24) is 10.6 Å². The standard InChI is InChI=1S/C28H40N2O9/c1-15-3-7-17(8-4-15)11-29-21-23(34)26(39-28-25(36)24(35)22(33)19(13-31)38-28)20(14-32)37-27(21)30-12-18-9-5-16(2)6-10-18/h3-10,19-36H,11-14H2,1-2H3/t19-,20-,21-,22+,23-,24+,25-,26-,27?,28+/m1/s1. The molecule has 0 aromatic heterocycles. The van der Waals surface area contributed by atoms with E-state index in [9.17, 15) is 30.6 Å². The summed E-state index contributed by atoms with van der Waals surface area (Å²) in [5.74, 6) is 0. The lowest BCUT2D eigenvalue weighted by molar-refractivity contribution is -0.337. The number of aryl methyl sites for hydroxylation is 2. The van der Waals surface area contributed by atoms with Crippen molar-refractivity contribution >= 4 is 0 Å². The molecule has 2 aromatic carbocycles. The van der Waals surface area contributed by atoms with E-state index in [0.29, 0.717) is 13.1 Å². The second kappa shape index (κ2) is 13.6. The van der Waals surface area contributed by atoms with Gasteiger partial charge in [-0.05, 0) is 25.0 Å². The first kappa shape index (κ1) is 30.0. The number of aliphatic hydroxyl groups excluding tert-OH is 6. The van der Waals surface area contributed by atoms with Gasteiger partial charge >= 0.3 is 0 Å². The Kier molecular flexibility index (Phi) is 10.4. The van der Waals surface area contributed by atoms with Crippen LogP contribution in [-0.4, -0.2) is 105 Å². The van der Waals surface area contributed by atoms with Crippen molar-refractivity contribution in [2.75, 3.05) is 13.2 Å². The van der Waals surface area contributed by atoms with Crippen molar-refractivity contribution in [3.05, 3.63) is 70.8 Å². The summed E-state index contributed by atoms with van der Waals surface area (Å²) in [5.41, 5.74) is 4.25. The minimum atomic E-state index is -1.66. The van der Waals surface area contributed by atoms with Gasteiger partial charge in [-0.15, -0.1) is 0 Å². The van der Waals surface area contributed by atoms with Crippen LogP contribution in [0.25, 0.3) is 0 Å². The molecule has 39 heavy (non-hydrogen) atoms. The van der Waals surface area contributed by atoms with Crippen molar-refractivity contribution in [3.8, 4) is 0 Å². The fourth-order valence-corrected chi connectivity index (χ4v) is 4.87. The summed E-state index contributed by atoms with van der Waals surface area (Å²) in [6.07, 6.45) is -11.7. The van der Waals surface area contributed by atoms with Crippen LogP contribution in [0.15, 0.2) is 48.5 Å². The second-order valence-corrected chi connectivity index (χ2v) is 10.3. The zero-order valence-electron chi connectivity index (χ0n) is 22.1. The molecule has 8 N–H and O–H groups in total. The molecule has 1 unspecified atom stereocenters. The highest BCUT2D eigenvalue weighted by Gasteiger charge is 2.50. The van der Waals surface area contributed by atoms with E-state index in [-0.39, 0.29) is 0 Å². The maximum absolute atomic E-state index is 11.5. The smallest absolute Gasteiger partial charge is 0.187 e. The van der Waals surface area contributed by atoms with E-state index in [0.717, 1.165) is 22.3 Å². The van der Waals surface area contributed by atoms with Gasteiger partial charge in [0.1, 0.15) is 49.0 Å². The minimum Gasteiger partial charge on any atom is -0.394 e. The Bertz CT molecular complexity index is 1020. The third-order valence-electron chi connectivity index (χ3n) is 7.33. The third-order valence-corrected chi connectivity index (χ3v) is 7.33. The fourth-order valence-electron chi connectivity index (χ4n) is 4.87. The molecule has 0 aliphatic carbocycles.